The molecular formula is C26H40O2. The van der Waals surface area contributed by atoms with Crippen molar-refractivity contribution in [1.82, 2.24) is 0 Å². The van der Waals surface area contributed by atoms with E-state index in [-0.39, 0.29) is 21.7 Å². The molecule has 3 atom stereocenters. The molecule has 156 valence electrons. The quantitative estimate of drug-likeness (QED) is 0.379. The molecule has 0 radical (unpaired) electrons. The van der Waals surface area contributed by atoms with Crippen molar-refractivity contribution in [2.75, 3.05) is 13.2 Å². The van der Waals surface area contributed by atoms with E-state index in [1.165, 1.54) is 32.1 Å². The minimum atomic E-state index is -0.403. The molecule has 3 fully saturated rings. The molecule has 3 unspecified atom stereocenters. The fourth-order valence-electron chi connectivity index (χ4n) is 7.17. The zero-order chi connectivity index (χ0) is 20.3. The molecule has 0 aromatic rings. The molecule has 2 nitrogen and oxygen atoms in total. The fraction of sp³-hybridized carbons (Fsp3) is 0.846. The lowest BCUT2D eigenvalue weighted by molar-refractivity contribution is -0.312. The molecule has 28 heavy (non-hydrogen) atoms. The van der Waals surface area contributed by atoms with E-state index in [0.29, 0.717) is 5.92 Å². The van der Waals surface area contributed by atoms with Gasteiger partial charge in [-0.1, -0.05) is 53.5 Å². The molecule has 1 spiro atoms. The summed E-state index contributed by atoms with van der Waals surface area (Å²) < 4.78 is 12.7. The standard InChI is InChI=1S/C26H40O2/c1-20(2)10-9-13-25-12-8-7-11-21(25)23(5)14-17-26(27-18-19-28-26)22(3,4)24(23,6)15-16-25/h11,20H,7-8,10,12,14-19H2,1-6H3. The summed E-state index contributed by atoms with van der Waals surface area (Å²) in [5.74, 6) is 7.70. The van der Waals surface area contributed by atoms with Crippen molar-refractivity contribution < 1.29 is 9.47 Å². The van der Waals surface area contributed by atoms with Crippen molar-refractivity contribution in [3.63, 3.8) is 0 Å². The molecule has 1 aliphatic heterocycles. The molecular weight excluding hydrogens is 344 g/mol. The van der Waals surface area contributed by atoms with Crippen LogP contribution in [0.25, 0.3) is 0 Å². The monoisotopic (exact) mass is 384 g/mol. The largest absolute Gasteiger partial charge is 0.347 e. The van der Waals surface area contributed by atoms with Gasteiger partial charge in [-0.15, -0.1) is 5.92 Å². The Kier molecular flexibility index (Phi) is 4.84. The maximum atomic E-state index is 6.34. The first-order chi connectivity index (χ1) is 13.1. The van der Waals surface area contributed by atoms with Crippen LogP contribution in [0.3, 0.4) is 0 Å². The van der Waals surface area contributed by atoms with Crippen molar-refractivity contribution in [2.24, 2.45) is 27.6 Å². The van der Waals surface area contributed by atoms with Gasteiger partial charge in [0.25, 0.3) is 0 Å². The number of ether oxygens (including phenoxy) is 2. The van der Waals surface area contributed by atoms with Gasteiger partial charge in [0.1, 0.15) is 0 Å². The molecule has 1 heterocycles. The van der Waals surface area contributed by atoms with E-state index >= 15 is 0 Å². The van der Waals surface area contributed by atoms with Gasteiger partial charge >= 0.3 is 0 Å². The molecule has 2 saturated carbocycles. The van der Waals surface area contributed by atoms with E-state index in [9.17, 15) is 0 Å². The summed E-state index contributed by atoms with van der Waals surface area (Å²) in [6, 6.07) is 0. The summed E-state index contributed by atoms with van der Waals surface area (Å²) in [4.78, 5) is 0. The van der Waals surface area contributed by atoms with Crippen molar-refractivity contribution >= 4 is 0 Å². The van der Waals surface area contributed by atoms with Crippen LogP contribution in [0.1, 0.15) is 92.9 Å². The van der Waals surface area contributed by atoms with Crippen LogP contribution in [0.4, 0.5) is 0 Å². The van der Waals surface area contributed by atoms with Crippen molar-refractivity contribution in [1.29, 1.82) is 0 Å². The predicted octanol–water partition coefficient (Wildman–Crippen LogP) is 6.50. The third-order valence-corrected chi connectivity index (χ3v) is 9.41. The lowest BCUT2D eigenvalue weighted by Crippen LogP contribution is -2.67. The number of allylic oxidation sites excluding steroid dienone is 2. The van der Waals surface area contributed by atoms with Gasteiger partial charge in [-0.2, -0.15) is 0 Å². The van der Waals surface area contributed by atoms with Crippen LogP contribution in [-0.4, -0.2) is 19.0 Å². The Morgan fingerprint density at radius 3 is 2.36 bits per heavy atom. The molecule has 0 N–H and O–H groups in total. The van der Waals surface area contributed by atoms with Gasteiger partial charge in [0.05, 0.1) is 18.6 Å². The van der Waals surface area contributed by atoms with E-state index in [2.05, 4.69) is 59.5 Å². The molecule has 0 bridgehead atoms. The van der Waals surface area contributed by atoms with Gasteiger partial charge in [0, 0.05) is 18.3 Å². The average molecular weight is 385 g/mol. The van der Waals surface area contributed by atoms with Crippen molar-refractivity contribution in [3.8, 4) is 11.8 Å². The summed E-state index contributed by atoms with van der Waals surface area (Å²) in [5, 5.41) is 0. The Morgan fingerprint density at radius 1 is 0.964 bits per heavy atom. The van der Waals surface area contributed by atoms with E-state index in [1.54, 1.807) is 5.57 Å². The van der Waals surface area contributed by atoms with Crippen LogP contribution < -0.4 is 0 Å². The zero-order valence-electron chi connectivity index (χ0n) is 19.0. The number of hydrogen-bond acceptors (Lipinski definition) is 2. The van der Waals surface area contributed by atoms with E-state index in [4.69, 9.17) is 9.47 Å². The zero-order valence-corrected chi connectivity index (χ0v) is 19.0. The molecule has 3 aliphatic carbocycles. The number of hydrogen-bond donors (Lipinski definition) is 0. The molecule has 0 aromatic carbocycles. The highest BCUT2D eigenvalue weighted by Gasteiger charge is 2.71. The Morgan fingerprint density at radius 2 is 1.68 bits per heavy atom. The maximum absolute atomic E-state index is 6.34. The normalized spacial score (nSPS) is 41.0. The molecule has 0 aromatic heterocycles. The first kappa shape index (κ1) is 20.5. The Bertz CT molecular complexity index is 714. The lowest BCUT2D eigenvalue weighted by atomic mass is 9.36. The third-order valence-electron chi connectivity index (χ3n) is 9.41. The molecule has 2 heteroatoms. The molecule has 1 saturated heterocycles. The minimum absolute atomic E-state index is 0.0285. The lowest BCUT2D eigenvalue weighted by Gasteiger charge is -2.69. The highest BCUT2D eigenvalue weighted by Crippen LogP contribution is 2.74. The van der Waals surface area contributed by atoms with Gasteiger partial charge < -0.3 is 9.47 Å². The third kappa shape index (κ3) is 2.55. The van der Waals surface area contributed by atoms with Gasteiger partial charge in [-0.3, -0.25) is 0 Å². The second-order valence-electron chi connectivity index (χ2n) is 11.2. The van der Waals surface area contributed by atoms with E-state index < -0.39 is 5.79 Å². The smallest absolute Gasteiger partial charge is 0.174 e. The molecule has 0 amide bonds. The summed E-state index contributed by atoms with van der Waals surface area (Å²) >= 11 is 0. The number of fused-ring (bicyclic) bond motifs is 3. The summed E-state index contributed by atoms with van der Waals surface area (Å²) in [6.07, 6.45) is 11.9. The van der Waals surface area contributed by atoms with Crippen LogP contribution >= 0.6 is 0 Å². The van der Waals surface area contributed by atoms with E-state index in [0.717, 1.165) is 32.5 Å². The van der Waals surface area contributed by atoms with Crippen molar-refractivity contribution in [2.45, 2.75) is 98.7 Å². The molecule has 4 aliphatic rings. The highest BCUT2D eigenvalue weighted by atomic mass is 16.7. The first-order valence-electron chi connectivity index (χ1n) is 11.6. The Hall–Kier alpha value is -0.780. The fourth-order valence-corrected chi connectivity index (χ4v) is 7.17. The molecule has 4 rings (SSSR count). The average Bonchev–Trinajstić information content (AvgIpc) is 3.13. The van der Waals surface area contributed by atoms with Crippen LogP contribution in [0, 0.1) is 39.4 Å². The van der Waals surface area contributed by atoms with Crippen LogP contribution in [0.15, 0.2) is 11.6 Å². The maximum Gasteiger partial charge on any atom is 0.174 e. The Balaban J connectivity index is 1.77. The topological polar surface area (TPSA) is 18.5 Å². The van der Waals surface area contributed by atoms with Crippen LogP contribution in [-0.2, 0) is 9.47 Å². The summed E-state index contributed by atoms with van der Waals surface area (Å²) in [7, 11) is 0. The highest BCUT2D eigenvalue weighted by molar-refractivity contribution is 5.41. The SMILES string of the molecule is CC(C)CC#CC12CCCC=C1C1(C)CCC3(OCCO3)C(C)(C)C1(C)CC2. The second kappa shape index (κ2) is 6.61. The van der Waals surface area contributed by atoms with Crippen LogP contribution in [0.2, 0.25) is 0 Å². The first-order valence-corrected chi connectivity index (χ1v) is 11.6. The summed E-state index contributed by atoms with van der Waals surface area (Å²) in [6.45, 7) is 15.9. The Labute approximate surface area is 172 Å². The van der Waals surface area contributed by atoms with Gasteiger partial charge in [0.2, 0.25) is 0 Å². The van der Waals surface area contributed by atoms with Crippen LogP contribution in [0.5, 0.6) is 0 Å². The predicted molar refractivity (Wildman–Crippen MR) is 115 cm³/mol. The van der Waals surface area contributed by atoms with Crippen molar-refractivity contribution in [3.05, 3.63) is 11.6 Å². The van der Waals surface area contributed by atoms with Gasteiger partial charge in [-0.25, -0.2) is 0 Å². The van der Waals surface area contributed by atoms with E-state index in [1.807, 2.05) is 0 Å². The number of rotatable bonds is 1. The second-order valence-corrected chi connectivity index (χ2v) is 11.2. The van der Waals surface area contributed by atoms with Gasteiger partial charge in [0.15, 0.2) is 5.79 Å². The summed E-state index contributed by atoms with van der Waals surface area (Å²) in [5.41, 5.74) is 2.06. The minimum Gasteiger partial charge on any atom is -0.347 e. The van der Waals surface area contributed by atoms with Gasteiger partial charge in [-0.05, 0) is 60.8 Å².